The molecule has 4 nitrogen and oxygen atoms in total. The van der Waals surface area contributed by atoms with Crippen LogP contribution in [0.1, 0.15) is 12.5 Å². The second-order valence-electron chi connectivity index (χ2n) is 4.19. The molecule has 0 aromatic heterocycles. The Morgan fingerprint density at radius 3 is 2.53 bits per heavy atom. The summed E-state index contributed by atoms with van der Waals surface area (Å²) in [7, 11) is -3.60. The van der Waals surface area contributed by atoms with Gasteiger partial charge in [-0.25, -0.2) is 8.42 Å². The summed E-state index contributed by atoms with van der Waals surface area (Å²) < 4.78 is 27.1. The van der Waals surface area contributed by atoms with E-state index in [2.05, 4.69) is 4.72 Å². The van der Waals surface area contributed by atoms with Crippen LogP contribution in [-0.4, -0.2) is 8.42 Å². The van der Waals surface area contributed by atoms with Crippen molar-refractivity contribution >= 4 is 21.4 Å². The number of benzene rings is 2. The molecular formula is C14H16N2O2S. The lowest BCUT2D eigenvalue weighted by molar-refractivity contribution is 0.601. The van der Waals surface area contributed by atoms with Crippen LogP contribution in [0.4, 0.5) is 11.4 Å². The minimum Gasteiger partial charge on any atom is -0.399 e. The predicted molar refractivity (Wildman–Crippen MR) is 77.5 cm³/mol. The first kappa shape index (κ1) is 13.4. The van der Waals surface area contributed by atoms with Gasteiger partial charge in [0.15, 0.2) is 0 Å². The lowest BCUT2D eigenvalue weighted by Crippen LogP contribution is -2.14. The highest BCUT2D eigenvalue weighted by atomic mass is 32.2. The van der Waals surface area contributed by atoms with Crippen LogP contribution in [0.5, 0.6) is 0 Å². The summed E-state index contributed by atoms with van der Waals surface area (Å²) in [4.78, 5) is 0.165. The van der Waals surface area contributed by atoms with Gasteiger partial charge in [0.25, 0.3) is 10.0 Å². The summed E-state index contributed by atoms with van der Waals surface area (Å²) in [5, 5.41) is 0. The van der Waals surface area contributed by atoms with Crippen LogP contribution < -0.4 is 10.5 Å². The largest absolute Gasteiger partial charge is 0.399 e. The first-order chi connectivity index (χ1) is 9.03. The van der Waals surface area contributed by atoms with E-state index in [9.17, 15) is 8.42 Å². The first-order valence-electron chi connectivity index (χ1n) is 5.99. The third-order valence-corrected chi connectivity index (χ3v) is 4.17. The van der Waals surface area contributed by atoms with Gasteiger partial charge in [-0.3, -0.25) is 4.72 Å². The fraction of sp³-hybridized carbons (Fsp3) is 0.143. The molecule has 0 aliphatic rings. The van der Waals surface area contributed by atoms with Gasteiger partial charge in [-0.2, -0.15) is 0 Å². The van der Waals surface area contributed by atoms with E-state index in [1.165, 1.54) is 12.1 Å². The van der Waals surface area contributed by atoms with E-state index in [-0.39, 0.29) is 4.90 Å². The van der Waals surface area contributed by atoms with Gasteiger partial charge in [-0.05, 0) is 36.2 Å². The Morgan fingerprint density at radius 2 is 1.84 bits per heavy atom. The molecule has 0 bridgehead atoms. The highest BCUT2D eigenvalue weighted by molar-refractivity contribution is 7.92. The van der Waals surface area contributed by atoms with Gasteiger partial charge in [0.05, 0.1) is 10.6 Å². The van der Waals surface area contributed by atoms with Crippen molar-refractivity contribution in [2.75, 3.05) is 10.5 Å². The second kappa shape index (κ2) is 5.32. The van der Waals surface area contributed by atoms with Crippen LogP contribution in [0.2, 0.25) is 0 Å². The van der Waals surface area contributed by atoms with Gasteiger partial charge in [-0.1, -0.05) is 31.2 Å². The van der Waals surface area contributed by atoms with E-state index in [4.69, 9.17) is 5.73 Å². The summed E-state index contributed by atoms with van der Waals surface area (Å²) in [6, 6.07) is 13.6. The average Bonchev–Trinajstić information content (AvgIpc) is 2.39. The summed E-state index contributed by atoms with van der Waals surface area (Å²) in [6.45, 7) is 1.98. The molecule has 0 aliphatic carbocycles. The normalized spacial score (nSPS) is 11.2. The molecule has 19 heavy (non-hydrogen) atoms. The van der Waals surface area contributed by atoms with Crippen molar-refractivity contribution in [1.29, 1.82) is 0 Å². The molecule has 0 radical (unpaired) electrons. The maximum absolute atomic E-state index is 12.3. The Balaban J connectivity index is 2.37. The third kappa shape index (κ3) is 3.06. The molecule has 0 unspecified atom stereocenters. The van der Waals surface area contributed by atoms with Crippen LogP contribution in [0.15, 0.2) is 53.4 Å². The lowest BCUT2D eigenvalue weighted by atomic mass is 10.1. The van der Waals surface area contributed by atoms with Gasteiger partial charge >= 0.3 is 0 Å². The Labute approximate surface area is 113 Å². The van der Waals surface area contributed by atoms with E-state index < -0.39 is 10.0 Å². The molecule has 0 atom stereocenters. The summed E-state index contributed by atoms with van der Waals surface area (Å²) in [5.74, 6) is 0. The minimum absolute atomic E-state index is 0.165. The Hall–Kier alpha value is -2.01. The maximum atomic E-state index is 12.3. The fourth-order valence-electron chi connectivity index (χ4n) is 1.81. The number of nitrogens with two attached hydrogens (primary N) is 1. The quantitative estimate of drug-likeness (QED) is 0.843. The van der Waals surface area contributed by atoms with Gasteiger partial charge in [0, 0.05) is 5.69 Å². The number of aryl methyl sites for hydroxylation is 1. The fourth-order valence-corrected chi connectivity index (χ4v) is 2.97. The van der Waals surface area contributed by atoms with Crippen molar-refractivity contribution in [3.63, 3.8) is 0 Å². The summed E-state index contributed by atoms with van der Waals surface area (Å²) >= 11 is 0. The van der Waals surface area contributed by atoms with Gasteiger partial charge in [-0.15, -0.1) is 0 Å². The van der Waals surface area contributed by atoms with Gasteiger partial charge in [0.1, 0.15) is 0 Å². The monoisotopic (exact) mass is 276 g/mol. The van der Waals surface area contributed by atoms with Crippen molar-refractivity contribution in [2.24, 2.45) is 0 Å². The lowest BCUT2D eigenvalue weighted by Gasteiger charge is -2.11. The van der Waals surface area contributed by atoms with Crippen LogP contribution in [0, 0.1) is 0 Å². The molecule has 2 aromatic carbocycles. The number of sulfonamides is 1. The highest BCUT2D eigenvalue weighted by Crippen LogP contribution is 2.21. The zero-order valence-electron chi connectivity index (χ0n) is 10.6. The topological polar surface area (TPSA) is 72.2 Å². The highest BCUT2D eigenvalue weighted by Gasteiger charge is 2.15. The number of rotatable bonds is 4. The predicted octanol–water partition coefficient (Wildman–Crippen LogP) is 2.63. The molecule has 0 aliphatic heterocycles. The van der Waals surface area contributed by atoms with Crippen molar-refractivity contribution in [3.05, 3.63) is 54.1 Å². The molecular weight excluding hydrogens is 260 g/mol. The Kier molecular flexibility index (Phi) is 3.76. The Morgan fingerprint density at radius 1 is 1.11 bits per heavy atom. The van der Waals surface area contributed by atoms with Gasteiger partial charge in [0.2, 0.25) is 0 Å². The van der Waals surface area contributed by atoms with Crippen LogP contribution in [0.3, 0.4) is 0 Å². The summed E-state index contributed by atoms with van der Waals surface area (Å²) in [6.07, 6.45) is 0.760. The van der Waals surface area contributed by atoms with Crippen molar-refractivity contribution in [2.45, 2.75) is 18.2 Å². The first-order valence-corrected chi connectivity index (χ1v) is 7.47. The number of anilines is 2. The van der Waals surface area contributed by atoms with E-state index in [0.717, 1.165) is 12.0 Å². The molecule has 2 aromatic rings. The SMILES string of the molecule is CCc1ccccc1NS(=O)(=O)c1cccc(N)c1. The van der Waals surface area contributed by atoms with Gasteiger partial charge < -0.3 is 5.73 Å². The number of hydrogen-bond donors (Lipinski definition) is 2. The zero-order chi connectivity index (χ0) is 13.9. The third-order valence-electron chi connectivity index (χ3n) is 2.81. The molecule has 0 saturated heterocycles. The van der Waals surface area contributed by atoms with E-state index in [1.807, 2.05) is 19.1 Å². The van der Waals surface area contributed by atoms with E-state index in [0.29, 0.717) is 11.4 Å². The number of hydrogen-bond acceptors (Lipinski definition) is 3. The van der Waals surface area contributed by atoms with Crippen molar-refractivity contribution in [1.82, 2.24) is 0 Å². The van der Waals surface area contributed by atoms with Crippen molar-refractivity contribution in [3.8, 4) is 0 Å². The van der Waals surface area contributed by atoms with E-state index >= 15 is 0 Å². The zero-order valence-corrected chi connectivity index (χ0v) is 11.4. The molecule has 0 amide bonds. The minimum atomic E-state index is -3.60. The van der Waals surface area contributed by atoms with Crippen LogP contribution >= 0.6 is 0 Å². The second-order valence-corrected chi connectivity index (χ2v) is 5.87. The maximum Gasteiger partial charge on any atom is 0.261 e. The number of para-hydroxylation sites is 1. The molecule has 0 heterocycles. The molecule has 2 rings (SSSR count). The van der Waals surface area contributed by atoms with Crippen LogP contribution in [0.25, 0.3) is 0 Å². The van der Waals surface area contributed by atoms with Crippen LogP contribution in [-0.2, 0) is 16.4 Å². The smallest absolute Gasteiger partial charge is 0.261 e. The Bertz CT molecular complexity index is 681. The van der Waals surface area contributed by atoms with Crippen molar-refractivity contribution < 1.29 is 8.42 Å². The molecule has 0 spiro atoms. The molecule has 0 fully saturated rings. The number of nitrogen functional groups attached to an aromatic ring is 1. The molecule has 100 valence electrons. The summed E-state index contributed by atoms with van der Waals surface area (Å²) in [5.41, 5.74) is 7.59. The molecule has 3 N–H and O–H groups in total. The van der Waals surface area contributed by atoms with E-state index in [1.54, 1.807) is 24.3 Å². The standard InChI is InChI=1S/C14H16N2O2S/c1-2-11-6-3-4-9-14(11)16-19(17,18)13-8-5-7-12(15)10-13/h3-10,16H,2,15H2,1H3. The molecule has 5 heteroatoms. The average molecular weight is 276 g/mol. The molecule has 0 saturated carbocycles. The number of nitrogens with one attached hydrogen (secondary N) is 1.